The van der Waals surface area contributed by atoms with Gasteiger partial charge in [0.2, 0.25) is 5.91 Å². The van der Waals surface area contributed by atoms with E-state index >= 15 is 0 Å². The van der Waals surface area contributed by atoms with Crippen LogP contribution in [0.15, 0.2) is 18.2 Å². The number of phenolic OH excluding ortho intramolecular Hbond substituents is 1. The van der Waals surface area contributed by atoms with E-state index in [-0.39, 0.29) is 23.6 Å². The van der Waals surface area contributed by atoms with Crippen molar-refractivity contribution in [2.75, 3.05) is 0 Å². The number of aliphatic hydroxyl groups excluding tert-OH is 1. The fourth-order valence-electron chi connectivity index (χ4n) is 9.17. The van der Waals surface area contributed by atoms with E-state index in [0.29, 0.717) is 41.7 Å². The second-order valence-corrected chi connectivity index (χ2v) is 14.1. The van der Waals surface area contributed by atoms with Gasteiger partial charge in [0.15, 0.2) is 0 Å². The van der Waals surface area contributed by atoms with Gasteiger partial charge in [-0.15, -0.1) is 0 Å². The number of hydrogen-bond donors (Lipinski definition) is 2. The van der Waals surface area contributed by atoms with E-state index in [1.54, 1.807) is 0 Å². The quantitative estimate of drug-likeness (QED) is 0.247. The topological polar surface area (TPSA) is 60.8 Å². The first-order valence-corrected chi connectivity index (χ1v) is 16.4. The molecule has 4 nitrogen and oxygen atoms in total. The fraction of sp³-hybridized carbons (Fsp3) is 0.800. The predicted octanol–water partition coefficient (Wildman–Crippen LogP) is 8.38. The van der Waals surface area contributed by atoms with Crippen molar-refractivity contribution in [2.45, 2.75) is 155 Å². The lowest BCUT2D eigenvalue weighted by molar-refractivity contribution is -0.134. The molecular weight excluding hydrogens is 482 g/mol. The van der Waals surface area contributed by atoms with E-state index in [1.807, 2.05) is 17.0 Å². The molecule has 4 heteroatoms. The van der Waals surface area contributed by atoms with Crippen molar-refractivity contribution in [3.8, 4) is 5.75 Å². The zero-order chi connectivity index (χ0) is 28.2. The molecule has 0 unspecified atom stereocenters. The van der Waals surface area contributed by atoms with Gasteiger partial charge in [-0.2, -0.15) is 0 Å². The average Bonchev–Trinajstić information content (AvgIpc) is 3.18. The number of rotatable bonds is 13. The van der Waals surface area contributed by atoms with Crippen molar-refractivity contribution in [2.24, 2.45) is 23.2 Å². The summed E-state index contributed by atoms with van der Waals surface area (Å²) in [5.41, 5.74) is 2.95. The van der Waals surface area contributed by atoms with Gasteiger partial charge in [-0.25, -0.2) is 0 Å². The Hall–Kier alpha value is -1.55. The molecule has 2 N–H and O–H groups in total. The summed E-state index contributed by atoms with van der Waals surface area (Å²) >= 11 is 0. The molecule has 0 aliphatic heterocycles. The molecule has 1 aromatic carbocycles. The summed E-state index contributed by atoms with van der Waals surface area (Å²) in [6, 6.07) is 6.70. The molecule has 2 saturated carbocycles. The van der Waals surface area contributed by atoms with Crippen LogP contribution in [0.1, 0.15) is 142 Å². The molecule has 1 amide bonds. The van der Waals surface area contributed by atoms with Crippen molar-refractivity contribution in [1.29, 1.82) is 0 Å². The number of aryl methyl sites for hydroxylation is 1. The van der Waals surface area contributed by atoms with Crippen molar-refractivity contribution in [1.82, 2.24) is 4.90 Å². The number of carbonyl (C=O) groups is 1. The molecule has 0 heterocycles. The number of unbranched alkanes of at least 4 members (excludes halogenated alkanes) is 7. The fourth-order valence-corrected chi connectivity index (χ4v) is 9.17. The highest BCUT2D eigenvalue weighted by Gasteiger charge is 2.57. The average molecular weight is 540 g/mol. The Morgan fingerprint density at radius 2 is 1.59 bits per heavy atom. The highest BCUT2D eigenvalue weighted by Crippen LogP contribution is 2.63. The Labute approximate surface area is 239 Å². The standard InChI is InChI=1S/C35H57NO3/c1-24(2)36(25(3)4)33(39)15-13-11-9-7-6-8-10-12-14-27-23-35(5)31(20-21-32(35)38)30-18-16-26-22-28(37)17-19-29(26)34(27)30/h17,19,22,24-25,27,30-32,34,37-38H,6-16,18,20-21,23H2,1-5H3/t27-,30-,31-,32-,34+,35-/m0/s1. The normalized spacial score (nSPS) is 29.8. The molecule has 3 aliphatic carbocycles. The van der Waals surface area contributed by atoms with E-state index in [4.69, 9.17) is 0 Å². The molecule has 0 saturated heterocycles. The first kappa shape index (κ1) is 30.4. The monoisotopic (exact) mass is 539 g/mol. The third-order valence-corrected chi connectivity index (χ3v) is 10.9. The molecule has 220 valence electrons. The van der Waals surface area contributed by atoms with Gasteiger partial charge in [0, 0.05) is 18.5 Å². The van der Waals surface area contributed by atoms with Gasteiger partial charge in [0.05, 0.1) is 6.10 Å². The minimum absolute atomic E-state index is 0.0863. The van der Waals surface area contributed by atoms with Crippen LogP contribution in [0.5, 0.6) is 5.75 Å². The van der Waals surface area contributed by atoms with E-state index in [2.05, 4.69) is 40.7 Å². The minimum Gasteiger partial charge on any atom is -0.508 e. The highest BCUT2D eigenvalue weighted by atomic mass is 16.3. The van der Waals surface area contributed by atoms with Crippen LogP contribution in [-0.2, 0) is 11.2 Å². The Balaban J connectivity index is 1.20. The minimum atomic E-state index is -0.138. The van der Waals surface area contributed by atoms with Gasteiger partial charge in [-0.1, -0.05) is 57.9 Å². The molecule has 0 spiro atoms. The van der Waals surface area contributed by atoms with Crippen molar-refractivity contribution >= 4 is 5.91 Å². The molecule has 0 aromatic heterocycles. The van der Waals surface area contributed by atoms with Gasteiger partial charge >= 0.3 is 0 Å². The van der Waals surface area contributed by atoms with Crippen molar-refractivity contribution in [3.63, 3.8) is 0 Å². The first-order valence-electron chi connectivity index (χ1n) is 16.4. The number of phenols is 1. The van der Waals surface area contributed by atoms with E-state index < -0.39 is 0 Å². The van der Waals surface area contributed by atoms with Crippen molar-refractivity contribution in [3.05, 3.63) is 29.3 Å². The number of hydrogen-bond acceptors (Lipinski definition) is 3. The molecule has 3 aliphatic rings. The Morgan fingerprint density at radius 1 is 0.949 bits per heavy atom. The lowest BCUT2D eigenvalue weighted by Gasteiger charge is -2.54. The molecular formula is C35H57NO3. The number of amides is 1. The molecule has 0 radical (unpaired) electrons. The zero-order valence-corrected chi connectivity index (χ0v) is 25.6. The summed E-state index contributed by atoms with van der Waals surface area (Å²) in [5.74, 6) is 3.28. The summed E-state index contributed by atoms with van der Waals surface area (Å²) in [6.07, 6.45) is 17.3. The van der Waals surface area contributed by atoms with Crippen LogP contribution in [0, 0.1) is 23.2 Å². The second kappa shape index (κ2) is 13.4. The largest absolute Gasteiger partial charge is 0.508 e. The lowest BCUT2D eigenvalue weighted by atomic mass is 9.51. The number of benzene rings is 1. The van der Waals surface area contributed by atoms with E-state index in [9.17, 15) is 15.0 Å². The number of aliphatic hydroxyl groups is 1. The summed E-state index contributed by atoms with van der Waals surface area (Å²) in [4.78, 5) is 14.6. The summed E-state index contributed by atoms with van der Waals surface area (Å²) in [6.45, 7) is 10.8. The third kappa shape index (κ3) is 6.85. The number of fused-ring (bicyclic) bond motifs is 5. The molecule has 1 aromatic rings. The predicted molar refractivity (Wildman–Crippen MR) is 161 cm³/mol. The van der Waals surface area contributed by atoms with Gasteiger partial charge in [0.25, 0.3) is 0 Å². The van der Waals surface area contributed by atoms with E-state index in [0.717, 1.165) is 32.1 Å². The molecule has 6 atom stereocenters. The van der Waals surface area contributed by atoms with Crippen LogP contribution >= 0.6 is 0 Å². The highest BCUT2D eigenvalue weighted by molar-refractivity contribution is 5.76. The van der Waals surface area contributed by atoms with Gasteiger partial charge < -0.3 is 15.1 Å². The number of aromatic hydroxyl groups is 1. The number of carbonyl (C=O) groups excluding carboxylic acids is 1. The molecule has 2 fully saturated rings. The second-order valence-electron chi connectivity index (χ2n) is 14.1. The van der Waals surface area contributed by atoms with Crippen LogP contribution in [0.2, 0.25) is 0 Å². The Bertz CT molecular complexity index is 934. The lowest BCUT2D eigenvalue weighted by Crippen LogP contribution is -2.47. The molecule has 0 bridgehead atoms. The van der Waals surface area contributed by atoms with Crippen molar-refractivity contribution < 1.29 is 15.0 Å². The molecule has 39 heavy (non-hydrogen) atoms. The van der Waals surface area contributed by atoms with Crippen LogP contribution < -0.4 is 0 Å². The van der Waals surface area contributed by atoms with Crippen LogP contribution in [-0.4, -0.2) is 39.2 Å². The maximum Gasteiger partial charge on any atom is 0.223 e. The van der Waals surface area contributed by atoms with E-state index in [1.165, 1.54) is 68.9 Å². The third-order valence-electron chi connectivity index (χ3n) is 10.9. The maximum absolute atomic E-state index is 12.5. The Morgan fingerprint density at radius 3 is 2.26 bits per heavy atom. The maximum atomic E-state index is 12.5. The Kier molecular flexibility index (Phi) is 10.5. The molecule has 4 rings (SSSR count). The SMILES string of the molecule is CC(C)N(C(=O)CCCCCCCCCC[C@H]1C[C@]2(C)[C@@H](O)CC[C@H]2[C@@H]2CCc3cc(O)ccc3[C@@H]12)C(C)C. The summed E-state index contributed by atoms with van der Waals surface area (Å²) < 4.78 is 0. The van der Waals surface area contributed by atoms with Gasteiger partial charge in [0.1, 0.15) is 5.75 Å². The van der Waals surface area contributed by atoms with Crippen LogP contribution in [0.4, 0.5) is 0 Å². The first-order chi connectivity index (χ1) is 18.6. The van der Waals surface area contributed by atoms with Crippen LogP contribution in [0.3, 0.4) is 0 Å². The smallest absolute Gasteiger partial charge is 0.223 e. The van der Waals surface area contributed by atoms with Gasteiger partial charge in [-0.3, -0.25) is 4.79 Å². The summed E-state index contributed by atoms with van der Waals surface area (Å²) in [7, 11) is 0. The summed E-state index contributed by atoms with van der Waals surface area (Å²) in [5, 5.41) is 21.1. The number of nitrogens with zero attached hydrogens (tertiary/aromatic N) is 1. The zero-order valence-electron chi connectivity index (χ0n) is 25.6. The van der Waals surface area contributed by atoms with Crippen LogP contribution in [0.25, 0.3) is 0 Å². The van der Waals surface area contributed by atoms with Gasteiger partial charge in [-0.05, 0) is 125 Å².